The lowest BCUT2D eigenvalue weighted by Gasteiger charge is -2.11. The molecule has 1 fully saturated rings. The molecule has 2 N–H and O–H groups in total. The Labute approximate surface area is 188 Å². The van der Waals surface area contributed by atoms with Crippen LogP contribution in [0.5, 0.6) is 5.75 Å². The van der Waals surface area contributed by atoms with Gasteiger partial charge >= 0.3 is 6.03 Å². The summed E-state index contributed by atoms with van der Waals surface area (Å²) in [6.07, 6.45) is 1.42. The number of nitrogens with one attached hydrogen (secondary N) is 2. The van der Waals surface area contributed by atoms with E-state index >= 15 is 0 Å². The van der Waals surface area contributed by atoms with E-state index in [9.17, 15) is 14.4 Å². The van der Waals surface area contributed by atoms with Crippen LogP contribution in [-0.4, -0.2) is 36.4 Å². The third-order valence-electron chi connectivity index (χ3n) is 4.66. The summed E-state index contributed by atoms with van der Waals surface area (Å²) in [6.45, 7) is -0.433. The van der Waals surface area contributed by atoms with Crippen LogP contribution in [0.15, 0.2) is 70.8 Å². The number of hydrogen-bond acceptors (Lipinski definition) is 5. The van der Waals surface area contributed by atoms with Gasteiger partial charge in [0.15, 0.2) is 0 Å². The van der Waals surface area contributed by atoms with E-state index in [0.717, 1.165) is 10.5 Å². The molecule has 4 rings (SSSR count). The molecule has 0 aliphatic carbocycles. The van der Waals surface area contributed by atoms with Crippen LogP contribution in [0.25, 0.3) is 17.4 Å². The Morgan fingerprint density at radius 3 is 2.69 bits per heavy atom. The summed E-state index contributed by atoms with van der Waals surface area (Å²) in [5.74, 6) is 0.492. The molecular weight excluding hydrogens is 434 g/mol. The summed E-state index contributed by atoms with van der Waals surface area (Å²) in [5.41, 5.74) is 1.32. The first kappa shape index (κ1) is 21.2. The highest BCUT2D eigenvalue weighted by Crippen LogP contribution is 2.27. The van der Waals surface area contributed by atoms with E-state index in [1.54, 1.807) is 43.5 Å². The quantitative estimate of drug-likeness (QED) is 0.433. The predicted octanol–water partition coefficient (Wildman–Crippen LogP) is 4.14. The number of urea groups is 1. The van der Waals surface area contributed by atoms with Crippen molar-refractivity contribution in [3.8, 4) is 17.1 Å². The SMILES string of the molecule is COc1cccc(-c2ccc(/C=C3\NC(=O)N(CC(=O)Nc4ccc(Cl)cc4)C3=O)o2)c1. The number of benzene rings is 2. The van der Waals surface area contributed by atoms with Crippen molar-refractivity contribution in [2.45, 2.75) is 0 Å². The molecule has 8 nitrogen and oxygen atoms in total. The minimum Gasteiger partial charge on any atom is -0.497 e. The van der Waals surface area contributed by atoms with Crippen molar-refractivity contribution < 1.29 is 23.5 Å². The largest absolute Gasteiger partial charge is 0.497 e. The molecule has 1 aliphatic heterocycles. The van der Waals surface area contributed by atoms with Gasteiger partial charge in [-0.2, -0.15) is 0 Å². The maximum absolute atomic E-state index is 12.6. The third kappa shape index (κ3) is 4.65. The van der Waals surface area contributed by atoms with Crippen LogP contribution in [-0.2, 0) is 9.59 Å². The highest BCUT2D eigenvalue weighted by Gasteiger charge is 2.35. The average molecular weight is 452 g/mol. The maximum Gasteiger partial charge on any atom is 0.329 e. The third-order valence-corrected chi connectivity index (χ3v) is 4.91. The number of furan rings is 1. The maximum atomic E-state index is 12.6. The Morgan fingerprint density at radius 1 is 1.16 bits per heavy atom. The molecule has 2 heterocycles. The molecule has 1 saturated heterocycles. The van der Waals surface area contributed by atoms with E-state index in [-0.39, 0.29) is 5.70 Å². The summed E-state index contributed by atoms with van der Waals surface area (Å²) in [5, 5.41) is 5.61. The first-order chi connectivity index (χ1) is 15.4. The summed E-state index contributed by atoms with van der Waals surface area (Å²) in [7, 11) is 1.58. The zero-order chi connectivity index (χ0) is 22.7. The lowest BCUT2D eigenvalue weighted by atomic mass is 10.2. The first-order valence-electron chi connectivity index (χ1n) is 9.57. The standard InChI is InChI=1S/C23H18ClN3O5/c1-31-17-4-2-3-14(11-17)20-10-9-18(32-20)12-19-22(29)27(23(30)26-19)13-21(28)25-16-7-5-15(24)6-8-16/h2-12H,13H2,1H3,(H,25,28)(H,26,30)/b19-12-. The fraction of sp³-hybridized carbons (Fsp3) is 0.0870. The Morgan fingerprint density at radius 2 is 1.94 bits per heavy atom. The molecule has 2 aromatic carbocycles. The van der Waals surface area contributed by atoms with E-state index in [4.69, 9.17) is 20.8 Å². The fourth-order valence-corrected chi connectivity index (χ4v) is 3.22. The van der Waals surface area contributed by atoms with Crippen molar-refractivity contribution in [3.63, 3.8) is 0 Å². The summed E-state index contributed by atoms with van der Waals surface area (Å²) in [4.78, 5) is 37.9. The van der Waals surface area contributed by atoms with Crippen molar-refractivity contribution in [3.05, 3.63) is 77.1 Å². The molecule has 0 atom stereocenters. The molecule has 0 saturated carbocycles. The van der Waals surface area contributed by atoms with Crippen LogP contribution in [0.2, 0.25) is 5.02 Å². The van der Waals surface area contributed by atoms with Crippen molar-refractivity contribution in [2.75, 3.05) is 19.0 Å². The van der Waals surface area contributed by atoms with Gasteiger partial charge in [0.1, 0.15) is 29.5 Å². The van der Waals surface area contributed by atoms with Gasteiger partial charge in [-0.25, -0.2) is 9.69 Å². The zero-order valence-electron chi connectivity index (χ0n) is 16.9. The smallest absolute Gasteiger partial charge is 0.329 e. The van der Waals surface area contributed by atoms with E-state index in [1.807, 2.05) is 24.3 Å². The molecule has 1 aliphatic rings. The Bertz CT molecular complexity index is 1220. The highest BCUT2D eigenvalue weighted by atomic mass is 35.5. The Hall–Kier alpha value is -4.04. The second kappa shape index (κ2) is 8.99. The van der Waals surface area contributed by atoms with Gasteiger partial charge in [0.05, 0.1) is 7.11 Å². The number of nitrogens with zero attached hydrogens (tertiary/aromatic N) is 1. The number of rotatable bonds is 6. The molecule has 9 heteroatoms. The van der Waals surface area contributed by atoms with Gasteiger partial charge in [0, 0.05) is 22.3 Å². The van der Waals surface area contributed by atoms with Crippen molar-refractivity contribution >= 4 is 41.2 Å². The summed E-state index contributed by atoms with van der Waals surface area (Å²) >= 11 is 5.82. The molecule has 3 aromatic rings. The fourth-order valence-electron chi connectivity index (χ4n) is 3.10. The van der Waals surface area contributed by atoms with Crippen LogP contribution < -0.4 is 15.4 Å². The van der Waals surface area contributed by atoms with Gasteiger partial charge in [-0.3, -0.25) is 9.59 Å². The van der Waals surface area contributed by atoms with Gasteiger partial charge in [0.2, 0.25) is 5.91 Å². The van der Waals surface area contributed by atoms with Crippen molar-refractivity contribution in [1.29, 1.82) is 0 Å². The molecule has 0 unspecified atom stereocenters. The first-order valence-corrected chi connectivity index (χ1v) is 9.95. The van der Waals surface area contributed by atoms with Crippen LogP contribution in [0.4, 0.5) is 10.5 Å². The molecule has 0 bridgehead atoms. The summed E-state index contributed by atoms with van der Waals surface area (Å²) < 4.78 is 11.0. The van der Waals surface area contributed by atoms with E-state index in [0.29, 0.717) is 28.0 Å². The van der Waals surface area contributed by atoms with Crippen LogP contribution in [0.3, 0.4) is 0 Å². The number of imide groups is 1. The molecule has 0 radical (unpaired) electrons. The minimum absolute atomic E-state index is 0.0147. The number of carbonyl (C=O) groups excluding carboxylic acids is 3. The molecule has 162 valence electrons. The Balaban J connectivity index is 1.44. The molecule has 4 amide bonds. The van der Waals surface area contributed by atoms with Gasteiger partial charge in [0.25, 0.3) is 5.91 Å². The van der Waals surface area contributed by atoms with E-state index < -0.39 is 24.4 Å². The van der Waals surface area contributed by atoms with Gasteiger partial charge in [-0.15, -0.1) is 0 Å². The van der Waals surface area contributed by atoms with Crippen LogP contribution >= 0.6 is 11.6 Å². The highest BCUT2D eigenvalue weighted by molar-refractivity contribution is 6.30. The molecule has 1 aromatic heterocycles. The zero-order valence-corrected chi connectivity index (χ0v) is 17.7. The molecule has 32 heavy (non-hydrogen) atoms. The lowest BCUT2D eigenvalue weighted by Crippen LogP contribution is -2.38. The summed E-state index contributed by atoms with van der Waals surface area (Å²) in [6, 6.07) is 16.6. The van der Waals surface area contributed by atoms with Crippen LogP contribution in [0, 0.1) is 0 Å². The number of hydrogen-bond donors (Lipinski definition) is 2. The topological polar surface area (TPSA) is 101 Å². The number of carbonyl (C=O) groups is 3. The number of amides is 4. The van der Waals surface area contributed by atoms with E-state index in [1.165, 1.54) is 6.08 Å². The molecular formula is C23H18ClN3O5. The van der Waals surface area contributed by atoms with Gasteiger partial charge in [-0.1, -0.05) is 23.7 Å². The van der Waals surface area contributed by atoms with Crippen LogP contribution in [0.1, 0.15) is 5.76 Å². The monoisotopic (exact) mass is 451 g/mol. The lowest BCUT2D eigenvalue weighted by molar-refractivity contribution is -0.127. The minimum atomic E-state index is -0.688. The normalized spacial score (nSPS) is 14.6. The number of methoxy groups -OCH3 is 1. The second-order valence-electron chi connectivity index (χ2n) is 6.87. The van der Waals surface area contributed by atoms with E-state index in [2.05, 4.69) is 10.6 Å². The number of ether oxygens (including phenoxy) is 1. The molecule has 0 spiro atoms. The second-order valence-corrected chi connectivity index (χ2v) is 7.30. The van der Waals surface area contributed by atoms with Gasteiger partial charge in [-0.05, 0) is 48.5 Å². The number of halogens is 1. The Kier molecular flexibility index (Phi) is 5.96. The van der Waals surface area contributed by atoms with Crippen molar-refractivity contribution in [1.82, 2.24) is 10.2 Å². The predicted molar refractivity (Wildman–Crippen MR) is 119 cm³/mol. The average Bonchev–Trinajstić information content (AvgIpc) is 3.36. The van der Waals surface area contributed by atoms with Crippen molar-refractivity contribution in [2.24, 2.45) is 0 Å². The number of anilines is 1. The van der Waals surface area contributed by atoms with Gasteiger partial charge < -0.3 is 19.8 Å².